The van der Waals surface area contributed by atoms with Gasteiger partial charge in [0.15, 0.2) is 12.5 Å². The second-order valence-electron chi connectivity index (χ2n) is 7.20. The van der Waals surface area contributed by atoms with Crippen LogP contribution in [0.2, 0.25) is 0 Å². The van der Waals surface area contributed by atoms with Crippen molar-refractivity contribution in [3.8, 4) is 0 Å². The van der Waals surface area contributed by atoms with Gasteiger partial charge in [0.1, 0.15) is 5.60 Å². The Labute approximate surface area is 171 Å². The van der Waals surface area contributed by atoms with Gasteiger partial charge >= 0.3 is 0 Å². The maximum Gasteiger partial charge on any atom is 0.188 e. The second-order valence-corrected chi connectivity index (χ2v) is 7.20. The predicted octanol–water partition coefficient (Wildman–Crippen LogP) is 5.09. The van der Waals surface area contributed by atoms with E-state index >= 15 is 0 Å². The molecule has 3 aromatic rings. The van der Waals surface area contributed by atoms with Gasteiger partial charge < -0.3 is 14.2 Å². The summed E-state index contributed by atoms with van der Waals surface area (Å²) >= 11 is 0. The van der Waals surface area contributed by atoms with Crippen LogP contribution in [0.5, 0.6) is 0 Å². The first kappa shape index (κ1) is 19.8. The lowest BCUT2D eigenvalue weighted by molar-refractivity contribution is -0.152. The van der Waals surface area contributed by atoms with Gasteiger partial charge in [-0.05, 0) is 16.7 Å². The highest BCUT2D eigenvalue weighted by molar-refractivity contribution is 5.47. The largest absolute Gasteiger partial charge is 0.358 e. The summed E-state index contributed by atoms with van der Waals surface area (Å²) in [4.78, 5) is 0. The summed E-state index contributed by atoms with van der Waals surface area (Å²) in [5.41, 5.74) is 2.20. The number of ether oxygens (including phenoxy) is 3. The third-order valence-corrected chi connectivity index (χ3v) is 5.37. The Morgan fingerprint density at radius 3 is 1.66 bits per heavy atom. The Morgan fingerprint density at radius 1 is 0.828 bits per heavy atom. The molecule has 0 amide bonds. The third-order valence-electron chi connectivity index (χ3n) is 5.37. The number of rotatable bonds is 7. The van der Waals surface area contributed by atoms with E-state index in [-0.39, 0.29) is 19.1 Å². The number of hydrogen-bond acceptors (Lipinski definition) is 3. The van der Waals surface area contributed by atoms with Crippen LogP contribution in [0.3, 0.4) is 0 Å². The quantitative estimate of drug-likeness (QED) is 0.524. The van der Waals surface area contributed by atoms with Crippen molar-refractivity contribution in [3.05, 3.63) is 108 Å². The van der Waals surface area contributed by atoms with Crippen LogP contribution in [0.1, 0.15) is 23.1 Å². The van der Waals surface area contributed by atoms with Crippen molar-refractivity contribution in [3.63, 3.8) is 0 Å². The molecule has 0 bridgehead atoms. The maximum absolute atomic E-state index is 14.1. The molecule has 3 nitrogen and oxygen atoms in total. The summed E-state index contributed by atoms with van der Waals surface area (Å²) in [5.74, 6) is 0. The van der Waals surface area contributed by atoms with E-state index in [2.05, 4.69) is 36.4 Å². The molecule has 1 aliphatic heterocycles. The van der Waals surface area contributed by atoms with Crippen molar-refractivity contribution in [2.24, 2.45) is 0 Å². The van der Waals surface area contributed by atoms with Crippen molar-refractivity contribution >= 4 is 0 Å². The molecule has 2 unspecified atom stereocenters. The minimum atomic E-state index is -1.15. The number of hydrogen-bond donors (Lipinski definition) is 0. The number of halogens is 1. The Bertz CT molecular complexity index is 789. The molecular formula is C25H25FO3. The fraction of sp³-hybridized carbons (Fsp3) is 0.280. The van der Waals surface area contributed by atoms with Crippen molar-refractivity contribution in [1.82, 2.24) is 0 Å². The van der Waals surface area contributed by atoms with Crippen LogP contribution in [0.15, 0.2) is 91.0 Å². The summed E-state index contributed by atoms with van der Waals surface area (Å²) in [7, 11) is 1.46. The molecule has 29 heavy (non-hydrogen) atoms. The molecule has 0 radical (unpaired) electrons. The Hall–Kier alpha value is -2.53. The molecular weight excluding hydrogens is 367 g/mol. The number of alkyl halides is 1. The third kappa shape index (κ3) is 3.97. The van der Waals surface area contributed by atoms with Crippen molar-refractivity contribution in [2.75, 3.05) is 13.7 Å². The van der Waals surface area contributed by atoms with E-state index in [1.165, 1.54) is 7.11 Å². The topological polar surface area (TPSA) is 27.7 Å². The smallest absolute Gasteiger partial charge is 0.188 e. The molecule has 0 N–H and O–H groups in total. The van der Waals surface area contributed by atoms with Gasteiger partial charge in [0.05, 0.1) is 12.7 Å². The van der Waals surface area contributed by atoms with E-state index in [1.807, 2.05) is 54.6 Å². The van der Waals surface area contributed by atoms with E-state index in [4.69, 9.17) is 14.2 Å². The van der Waals surface area contributed by atoms with E-state index in [9.17, 15) is 4.39 Å². The second kappa shape index (κ2) is 8.87. The molecule has 1 saturated heterocycles. The summed E-state index contributed by atoms with van der Waals surface area (Å²) < 4.78 is 31.6. The molecule has 4 rings (SSSR count). The Morgan fingerprint density at radius 2 is 1.28 bits per heavy atom. The first-order valence-corrected chi connectivity index (χ1v) is 9.87. The van der Waals surface area contributed by atoms with Gasteiger partial charge in [0.25, 0.3) is 0 Å². The summed E-state index contributed by atoms with van der Waals surface area (Å²) in [5, 5.41) is 0. The van der Waals surface area contributed by atoms with Gasteiger partial charge in [0, 0.05) is 13.5 Å². The molecule has 0 spiro atoms. The molecule has 4 heteroatoms. The van der Waals surface area contributed by atoms with Crippen molar-refractivity contribution in [1.29, 1.82) is 0 Å². The number of benzene rings is 3. The molecule has 1 fully saturated rings. The van der Waals surface area contributed by atoms with E-state index in [0.717, 1.165) is 16.7 Å². The van der Waals surface area contributed by atoms with Crippen LogP contribution in [-0.4, -0.2) is 32.3 Å². The normalized spacial score (nSPS) is 21.9. The zero-order valence-electron chi connectivity index (χ0n) is 16.4. The average Bonchev–Trinajstić information content (AvgIpc) is 3.16. The molecule has 0 aromatic heterocycles. The van der Waals surface area contributed by atoms with E-state index in [0.29, 0.717) is 0 Å². The van der Waals surface area contributed by atoms with Crippen molar-refractivity contribution in [2.45, 2.75) is 30.6 Å². The molecule has 1 heterocycles. The van der Waals surface area contributed by atoms with Crippen molar-refractivity contribution < 1.29 is 18.6 Å². The minimum absolute atomic E-state index is 0.249. The highest BCUT2D eigenvalue weighted by atomic mass is 19.1. The molecule has 0 aliphatic carbocycles. The van der Waals surface area contributed by atoms with Crippen LogP contribution < -0.4 is 0 Å². The van der Waals surface area contributed by atoms with E-state index in [1.54, 1.807) is 0 Å². The van der Waals surface area contributed by atoms with Crippen LogP contribution in [0.25, 0.3) is 0 Å². The molecule has 3 atom stereocenters. The monoisotopic (exact) mass is 392 g/mol. The minimum Gasteiger partial charge on any atom is -0.358 e. The SMILES string of the molecule is COC1OC(COC(c2ccccc2)(c2ccccc2)c2ccccc2)C[C@@H]1F. The molecule has 3 aromatic carbocycles. The van der Waals surface area contributed by atoms with Gasteiger partial charge in [-0.25, -0.2) is 4.39 Å². The summed E-state index contributed by atoms with van der Waals surface area (Å²) in [6.07, 6.45) is -2.09. The average molecular weight is 392 g/mol. The van der Waals surface area contributed by atoms with Crippen LogP contribution in [0.4, 0.5) is 4.39 Å². The van der Waals surface area contributed by atoms with E-state index < -0.39 is 18.1 Å². The van der Waals surface area contributed by atoms with Crippen LogP contribution >= 0.6 is 0 Å². The maximum atomic E-state index is 14.1. The van der Waals surface area contributed by atoms with Gasteiger partial charge in [0.2, 0.25) is 0 Å². The standard InChI is InChI=1S/C25H25FO3/c1-27-24-23(26)17-22(29-24)18-28-25(19-11-5-2-6-12-19,20-13-7-3-8-14-20)21-15-9-4-10-16-21/h2-16,22-24H,17-18H2,1H3/t22?,23-,24?/m0/s1. The van der Waals surface area contributed by atoms with Gasteiger partial charge in [-0.1, -0.05) is 91.0 Å². The predicted molar refractivity (Wildman–Crippen MR) is 110 cm³/mol. The van der Waals surface area contributed by atoms with Gasteiger partial charge in [-0.3, -0.25) is 0 Å². The fourth-order valence-electron chi connectivity index (χ4n) is 3.99. The zero-order chi connectivity index (χ0) is 20.1. The summed E-state index contributed by atoms with van der Waals surface area (Å²) in [6, 6.07) is 30.4. The lowest BCUT2D eigenvalue weighted by Gasteiger charge is -2.36. The first-order valence-electron chi connectivity index (χ1n) is 9.87. The summed E-state index contributed by atoms with van der Waals surface area (Å²) in [6.45, 7) is 0.249. The highest BCUT2D eigenvalue weighted by Gasteiger charge is 2.41. The molecule has 1 aliphatic rings. The van der Waals surface area contributed by atoms with Crippen LogP contribution in [-0.2, 0) is 19.8 Å². The Kier molecular flexibility index (Phi) is 6.05. The first-order chi connectivity index (χ1) is 14.2. The lowest BCUT2D eigenvalue weighted by atomic mass is 9.80. The lowest BCUT2D eigenvalue weighted by Crippen LogP contribution is -2.35. The Balaban J connectivity index is 1.76. The van der Waals surface area contributed by atoms with Gasteiger partial charge in [-0.2, -0.15) is 0 Å². The van der Waals surface area contributed by atoms with Crippen LogP contribution in [0, 0.1) is 0 Å². The molecule has 150 valence electrons. The highest BCUT2D eigenvalue weighted by Crippen LogP contribution is 2.41. The van der Waals surface area contributed by atoms with Gasteiger partial charge in [-0.15, -0.1) is 0 Å². The fourth-order valence-corrected chi connectivity index (χ4v) is 3.99. The number of methoxy groups -OCH3 is 1. The zero-order valence-corrected chi connectivity index (χ0v) is 16.4. The molecule has 0 saturated carbocycles.